The van der Waals surface area contributed by atoms with E-state index in [1.807, 2.05) is 0 Å². The van der Waals surface area contributed by atoms with Gasteiger partial charge in [-0.25, -0.2) is 22.7 Å². The maximum absolute atomic E-state index is 13.0. The second-order valence-electron chi connectivity index (χ2n) is 8.42. The Labute approximate surface area is 224 Å². The first kappa shape index (κ1) is 30.8. The van der Waals surface area contributed by atoms with Crippen molar-refractivity contribution in [2.24, 2.45) is 0 Å². The number of hydrogen-bond acceptors (Lipinski definition) is 8. The Kier molecular flexibility index (Phi) is 11.8. The molecule has 5 N–H and O–H groups in total. The standard InChI is InChI=1S/C25H30N2O9S2/c1-37-15-17(28)13-21(25(33)34)27-23(30)19(16-7-3-2-4-8-16)9-5-6-12-26-38(35,36)18-10-11-22(29)20(14-18)24(31)32/h2-4,7-8,10-11,14,19,21,26,29H,5-6,9,12-13,15H2,1H3,(H,27,30)(H,31,32)(H,33,34)/t19?,21-/m0/s1. The first-order valence-corrected chi connectivity index (χ1v) is 14.5. The number of carboxylic acid groups (broad SMARTS) is 2. The van der Waals surface area contributed by atoms with Crippen LogP contribution in [-0.4, -0.2) is 72.0 Å². The Balaban J connectivity index is 2.02. The van der Waals surface area contributed by atoms with Gasteiger partial charge in [0.05, 0.1) is 16.6 Å². The number of nitrogens with one attached hydrogen (secondary N) is 2. The van der Waals surface area contributed by atoms with Crippen LogP contribution in [0.2, 0.25) is 0 Å². The summed E-state index contributed by atoms with van der Waals surface area (Å²) in [4.78, 5) is 47.5. The van der Waals surface area contributed by atoms with Crippen LogP contribution in [-0.2, 0) is 24.4 Å². The Bertz CT molecular complexity index is 1250. The van der Waals surface area contributed by atoms with Gasteiger partial charge in [0.2, 0.25) is 15.9 Å². The number of amides is 1. The van der Waals surface area contributed by atoms with Gasteiger partial charge in [0, 0.05) is 13.0 Å². The van der Waals surface area contributed by atoms with Crippen molar-refractivity contribution in [2.45, 2.75) is 42.5 Å². The number of carboxylic acids is 2. The summed E-state index contributed by atoms with van der Waals surface area (Å²) in [5.74, 6) is -4.76. The summed E-state index contributed by atoms with van der Waals surface area (Å²) < 4.78 is 27.4. The number of hydrogen-bond donors (Lipinski definition) is 5. The minimum absolute atomic E-state index is 0.00429. The van der Waals surface area contributed by atoms with Crippen LogP contribution in [0.1, 0.15) is 47.5 Å². The minimum Gasteiger partial charge on any atom is -0.507 e. The zero-order valence-corrected chi connectivity index (χ0v) is 22.3. The van der Waals surface area contributed by atoms with E-state index in [2.05, 4.69) is 10.0 Å². The molecule has 0 heterocycles. The number of aliphatic carboxylic acids is 1. The Morgan fingerprint density at radius 2 is 1.68 bits per heavy atom. The lowest BCUT2D eigenvalue weighted by Crippen LogP contribution is -2.44. The van der Waals surface area contributed by atoms with E-state index in [1.165, 1.54) is 11.8 Å². The van der Waals surface area contributed by atoms with Gasteiger partial charge >= 0.3 is 11.9 Å². The SMILES string of the molecule is CSCC(=O)C[C@H](NC(=O)C(CCCCNS(=O)(=O)c1ccc(O)c(C(=O)O)c1)c1ccccc1)C(=O)O. The molecular weight excluding hydrogens is 536 g/mol. The summed E-state index contributed by atoms with van der Waals surface area (Å²) in [6, 6.07) is 10.3. The molecule has 0 aromatic heterocycles. The molecule has 0 saturated carbocycles. The van der Waals surface area contributed by atoms with E-state index in [0.717, 1.165) is 18.2 Å². The third-order valence-corrected chi connectivity index (χ3v) is 7.66. The van der Waals surface area contributed by atoms with Crippen molar-refractivity contribution < 1.29 is 42.9 Å². The van der Waals surface area contributed by atoms with E-state index in [1.54, 1.807) is 36.6 Å². The maximum atomic E-state index is 13.0. The molecule has 2 atom stereocenters. The summed E-state index contributed by atoms with van der Waals surface area (Å²) >= 11 is 1.26. The smallest absolute Gasteiger partial charge is 0.339 e. The highest BCUT2D eigenvalue weighted by Gasteiger charge is 2.28. The van der Waals surface area contributed by atoms with E-state index in [9.17, 15) is 37.8 Å². The fourth-order valence-corrected chi connectivity index (χ4v) is 5.21. The number of Topliss-reactive ketones (excluding diaryl/α,β-unsaturated/α-hetero) is 1. The van der Waals surface area contributed by atoms with E-state index >= 15 is 0 Å². The highest BCUT2D eigenvalue weighted by molar-refractivity contribution is 7.99. The Hall–Kier alpha value is -3.42. The molecule has 11 nitrogen and oxygen atoms in total. The van der Waals surface area contributed by atoms with E-state index in [0.29, 0.717) is 18.4 Å². The number of phenols is 1. The van der Waals surface area contributed by atoms with Gasteiger partial charge in [-0.1, -0.05) is 36.8 Å². The number of thioether (sulfide) groups is 1. The maximum Gasteiger partial charge on any atom is 0.339 e. The molecular formula is C25H30N2O9S2. The molecule has 206 valence electrons. The number of aromatic carboxylic acids is 1. The second kappa shape index (κ2) is 14.5. The van der Waals surface area contributed by atoms with Gasteiger partial charge in [0.1, 0.15) is 23.1 Å². The zero-order chi connectivity index (χ0) is 28.3. The normalized spacial score (nSPS) is 12.9. The summed E-state index contributed by atoms with van der Waals surface area (Å²) in [6.45, 7) is -0.00429. The van der Waals surface area contributed by atoms with Crippen LogP contribution >= 0.6 is 11.8 Å². The molecule has 2 aromatic carbocycles. The molecule has 0 aliphatic rings. The summed E-state index contributed by atoms with van der Waals surface area (Å²) in [5, 5.41) is 30.6. The number of carbonyl (C=O) groups excluding carboxylic acids is 2. The third kappa shape index (κ3) is 9.15. The molecule has 0 spiro atoms. The summed E-state index contributed by atoms with van der Waals surface area (Å²) in [6.07, 6.45) is 2.40. The molecule has 0 radical (unpaired) electrons. The molecule has 38 heavy (non-hydrogen) atoms. The first-order valence-electron chi connectivity index (χ1n) is 11.6. The summed E-state index contributed by atoms with van der Waals surface area (Å²) in [5.41, 5.74) is 0.106. The lowest BCUT2D eigenvalue weighted by molar-refractivity contribution is -0.143. The predicted octanol–water partition coefficient (Wildman–Crippen LogP) is 2.21. The highest BCUT2D eigenvalue weighted by Crippen LogP contribution is 2.24. The van der Waals surface area contributed by atoms with Crippen molar-refractivity contribution >= 4 is 45.4 Å². The Morgan fingerprint density at radius 3 is 2.29 bits per heavy atom. The summed E-state index contributed by atoms with van der Waals surface area (Å²) in [7, 11) is -4.05. The molecule has 1 amide bonds. The Morgan fingerprint density at radius 1 is 1.00 bits per heavy atom. The number of sulfonamides is 1. The van der Waals surface area contributed by atoms with E-state index in [-0.39, 0.29) is 35.8 Å². The average molecular weight is 567 g/mol. The van der Waals surface area contributed by atoms with Crippen molar-refractivity contribution in [3.05, 3.63) is 59.7 Å². The van der Waals surface area contributed by atoms with Gasteiger partial charge in [-0.2, -0.15) is 11.8 Å². The lowest BCUT2D eigenvalue weighted by atomic mass is 9.92. The van der Waals surface area contributed by atoms with Crippen LogP contribution in [0, 0.1) is 0 Å². The molecule has 2 aromatic rings. The van der Waals surface area contributed by atoms with Crippen LogP contribution in [0.3, 0.4) is 0 Å². The molecule has 0 aliphatic carbocycles. The van der Waals surface area contributed by atoms with Gasteiger partial charge in [-0.15, -0.1) is 0 Å². The van der Waals surface area contributed by atoms with Crippen molar-refractivity contribution in [3.63, 3.8) is 0 Å². The van der Waals surface area contributed by atoms with Crippen molar-refractivity contribution in [1.82, 2.24) is 10.0 Å². The number of rotatable bonds is 16. The van der Waals surface area contributed by atoms with Crippen LogP contribution in [0.5, 0.6) is 5.75 Å². The number of aromatic hydroxyl groups is 1. The van der Waals surface area contributed by atoms with Gasteiger partial charge in [-0.05, 0) is 42.9 Å². The fraction of sp³-hybridized carbons (Fsp3) is 0.360. The lowest BCUT2D eigenvalue weighted by Gasteiger charge is -2.21. The van der Waals surface area contributed by atoms with Gasteiger partial charge in [-0.3, -0.25) is 9.59 Å². The van der Waals surface area contributed by atoms with Crippen molar-refractivity contribution in [2.75, 3.05) is 18.6 Å². The van der Waals surface area contributed by atoms with E-state index < -0.39 is 51.1 Å². The quantitative estimate of drug-likeness (QED) is 0.189. The molecule has 1 unspecified atom stereocenters. The van der Waals surface area contributed by atoms with Gasteiger partial charge in [0.15, 0.2) is 0 Å². The van der Waals surface area contributed by atoms with Crippen molar-refractivity contribution in [3.8, 4) is 5.75 Å². The van der Waals surface area contributed by atoms with Gasteiger partial charge in [0.25, 0.3) is 0 Å². The van der Waals surface area contributed by atoms with Crippen LogP contribution in [0.4, 0.5) is 0 Å². The topological polar surface area (TPSA) is 187 Å². The second-order valence-corrected chi connectivity index (χ2v) is 11.0. The van der Waals surface area contributed by atoms with E-state index in [4.69, 9.17) is 5.11 Å². The number of unbranched alkanes of at least 4 members (excludes halogenated alkanes) is 1. The molecule has 0 saturated heterocycles. The number of ketones is 1. The third-order valence-electron chi connectivity index (χ3n) is 5.59. The molecule has 0 bridgehead atoms. The molecule has 0 fully saturated rings. The largest absolute Gasteiger partial charge is 0.507 e. The fourth-order valence-electron chi connectivity index (χ4n) is 3.67. The monoisotopic (exact) mass is 566 g/mol. The zero-order valence-electron chi connectivity index (χ0n) is 20.6. The first-order chi connectivity index (χ1) is 18.0. The minimum atomic E-state index is -4.05. The van der Waals surface area contributed by atoms with Crippen LogP contribution in [0.25, 0.3) is 0 Å². The number of benzene rings is 2. The molecule has 2 rings (SSSR count). The van der Waals surface area contributed by atoms with Crippen LogP contribution < -0.4 is 10.0 Å². The van der Waals surface area contributed by atoms with Crippen molar-refractivity contribution in [1.29, 1.82) is 0 Å². The molecule has 13 heteroatoms. The highest BCUT2D eigenvalue weighted by atomic mass is 32.2. The average Bonchev–Trinajstić information content (AvgIpc) is 2.86. The van der Waals surface area contributed by atoms with Gasteiger partial charge < -0.3 is 20.6 Å². The number of carbonyl (C=O) groups is 4. The molecule has 0 aliphatic heterocycles. The predicted molar refractivity (Wildman–Crippen MR) is 141 cm³/mol. The van der Waals surface area contributed by atoms with Crippen LogP contribution in [0.15, 0.2) is 53.4 Å².